The molecule has 0 saturated heterocycles. The predicted octanol–water partition coefficient (Wildman–Crippen LogP) is -0.0427. The van der Waals surface area contributed by atoms with Gasteiger partial charge in [0.25, 0.3) is 5.91 Å². The molecule has 11 nitrogen and oxygen atoms in total. The first-order valence-corrected chi connectivity index (χ1v) is 12.7. The molecule has 1 aromatic rings. The van der Waals surface area contributed by atoms with Gasteiger partial charge in [0.1, 0.15) is 8.42 Å². The van der Waals surface area contributed by atoms with Gasteiger partial charge in [-0.25, -0.2) is 26.8 Å². The van der Waals surface area contributed by atoms with E-state index in [1.54, 1.807) is 6.92 Å². The van der Waals surface area contributed by atoms with Gasteiger partial charge >= 0.3 is 11.9 Å². The second-order valence-electron chi connectivity index (χ2n) is 6.58. The van der Waals surface area contributed by atoms with Crippen LogP contribution in [0.5, 0.6) is 0 Å². The molecule has 2 N–H and O–H groups in total. The molecule has 0 saturated carbocycles. The highest BCUT2D eigenvalue weighted by atomic mass is 32.3. The average molecular weight is 483 g/mol. The summed E-state index contributed by atoms with van der Waals surface area (Å²) in [6, 6.07) is 0.432. The lowest BCUT2D eigenvalue weighted by atomic mass is 10.0. The van der Waals surface area contributed by atoms with Crippen molar-refractivity contribution in [1.82, 2.24) is 4.90 Å². The summed E-state index contributed by atoms with van der Waals surface area (Å²) in [6.45, 7) is 3.10. The molecule has 1 aliphatic rings. The van der Waals surface area contributed by atoms with Crippen molar-refractivity contribution in [3.8, 4) is 0 Å². The third-order valence-corrected chi connectivity index (χ3v) is 9.79. The van der Waals surface area contributed by atoms with Crippen molar-refractivity contribution in [2.75, 3.05) is 19.8 Å². The normalized spacial score (nSPS) is 20.1. The summed E-state index contributed by atoms with van der Waals surface area (Å²) in [4.78, 5) is 36.2. The molecular weight excluding hydrogens is 460 g/mol. The maximum atomic E-state index is 12.7. The number of thiophene rings is 1. The minimum absolute atomic E-state index is 0.0388. The summed E-state index contributed by atoms with van der Waals surface area (Å²) >= 11 is 0.551. The monoisotopic (exact) mass is 482 g/mol. The van der Waals surface area contributed by atoms with E-state index in [0.29, 0.717) is 11.3 Å². The number of nitrogens with two attached hydrogens (primary N) is 1. The van der Waals surface area contributed by atoms with E-state index in [4.69, 9.17) is 9.88 Å². The SMILES string of the molecule is CCN(C(=O)COC(=O)COC(C)=O)[C@H]1C[C@H](C)S(=O)(=O)c2sc(S(N)(=O)=O)cc21. The summed E-state index contributed by atoms with van der Waals surface area (Å²) in [5.41, 5.74) is 0.170. The molecule has 2 atom stereocenters. The van der Waals surface area contributed by atoms with E-state index in [-0.39, 0.29) is 26.9 Å². The topological polar surface area (TPSA) is 167 Å². The van der Waals surface area contributed by atoms with Gasteiger partial charge in [0.05, 0.1) is 11.3 Å². The van der Waals surface area contributed by atoms with E-state index in [9.17, 15) is 31.2 Å². The average Bonchev–Trinajstić information content (AvgIpc) is 3.10. The third-order valence-electron chi connectivity index (χ3n) is 4.47. The Bertz CT molecular complexity index is 1060. The third kappa shape index (κ3) is 5.17. The number of sulfone groups is 1. The Labute approximate surface area is 178 Å². The summed E-state index contributed by atoms with van der Waals surface area (Å²) in [7, 11) is -7.91. The number of ether oxygens (including phenoxy) is 2. The number of carbonyl (C=O) groups is 3. The number of carbonyl (C=O) groups excluding carboxylic acids is 3. The number of hydrogen-bond donors (Lipinski definition) is 1. The van der Waals surface area contributed by atoms with Crippen molar-refractivity contribution < 1.29 is 40.7 Å². The predicted molar refractivity (Wildman–Crippen MR) is 105 cm³/mol. The number of rotatable bonds is 7. The van der Waals surface area contributed by atoms with Gasteiger partial charge in [-0.15, -0.1) is 11.3 Å². The first-order valence-electron chi connectivity index (χ1n) is 8.77. The molecule has 0 radical (unpaired) electrons. The van der Waals surface area contributed by atoms with Crippen LogP contribution in [0.4, 0.5) is 0 Å². The van der Waals surface area contributed by atoms with Crippen LogP contribution >= 0.6 is 11.3 Å². The second kappa shape index (κ2) is 8.99. The molecule has 2 rings (SSSR count). The molecule has 0 aliphatic carbocycles. The number of primary sulfonamides is 1. The standard InChI is InChI=1S/C16H22N2O9S3/c1-4-18(13(20)7-27-14(21)8-26-10(3)19)12-5-9(2)29(22,23)16-11(12)6-15(28-16)30(17,24)25/h6,9,12H,4-5,7-8H2,1-3H3,(H2,17,24,25)/t9-,12-/m0/s1. The van der Waals surface area contributed by atoms with E-state index in [0.717, 1.165) is 6.92 Å². The van der Waals surface area contributed by atoms with Crippen LogP contribution in [0.3, 0.4) is 0 Å². The van der Waals surface area contributed by atoms with Crippen molar-refractivity contribution in [1.29, 1.82) is 0 Å². The molecule has 30 heavy (non-hydrogen) atoms. The number of nitrogens with zero attached hydrogens (tertiary/aromatic N) is 1. The molecule has 0 bridgehead atoms. The maximum absolute atomic E-state index is 12.7. The minimum Gasteiger partial charge on any atom is -0.454 e. The zero-order valence-corrected chi connectivity index (χ0v) is 18.9. The molecule has 2 heterocycles. The molecule has 168 valence electrons. The van der Waals surface area contributed by atoms with Crippen LogP contribution < -0.4 is 5.14 Å². The summed E-state index contributed by atoms with van der Waals surface area (Å²) < 4.78 is 57.6. The smallest absolute Gasteiger partial charge is 0.344 e. The molecule has 0 unspecified atom stereocenters. The Morgan fingerprint density at radius 3 is 2.43 bits per heavy atom. The zero-order chi connectivity index (χ0) is 22.9. The summed E-state index contributed by atoms with van der Waals surface area (Å²) in [6.07, 6.45) is 0.0388. The van der Waals surface area contributed by atoms with Gasteiger partial charge < -0.3 is 14.4 Å². The van der Waals surface area contributed by atoms with Gasteiger partial charge in [-0.1, -0.05) is 0 Å². The molecule has 1 aromatic heterocycles. The number of sulfonamides is 1. The van der Waals surface area contributed by atoms with Gasteiger partial charge in [-0.2, -0.15) is 0 Å². The Morgan fingerprint density at radius 1 is 1.27 bits per heavy atom. The van der Waals surface area contributed by atoms with E-state index >= 15 is 0 Å². The molecule has 1 aliphatic heterocycles. The van der Waals surface area contributed by atoms with Crippen LogP contribution in [0.2, 0.25) is 0 Å². The van der Waals surface area contributed by atoms with Crippen LogP contribution in [0.15, 0.2) is 14.5 Å². The first kappa shape index (κ1) is 24.2. The van der Waals surface area contributed by atoms with Crippen molar-refractivity contribution in [3.63, 3.8) is 0 Å². The van der Waals surface area contributed by atoms with Gasteiger partial charge in [0.15, 0.2) is 23.1 Å². The quantitative estimate of drug-likeness (QED) is 0.524. The van der Waals surface area contributed by atoms with Crippen LogP contribution in [0, 0.1) is 0 Å². The van der Waals surface area contributed by atoms with Crippen LogP contribution in [-0.4, -0.2) is 64.6 Å². The second-order valence-corrected chi connectivity index (χ2v) is 12.0. The van der Waals surface area contributed by atoms with Gasteiger partial charge in [-0.3, -0.25) is 9.59 Å². The van der Waals surface area contributed by atoms with Gasteiger partial charge in [0, 0.05) is 19.0 Å². The zero-order valence-electron chi connectivity index (χ0n) is 16.5. The Morgan fingerprint density at radius 2 is 1.90 bits per heavy atom. The highest BCUT2D eigenvalue weighted by Crippen LogP contribution is 2.44. The van der Waals surface area contributed by atoms with E-state index in [1.165, 1.54) is 17.9 Å². The molecule has 1 amide bonds. The summed E-state index contributed by atoms with van der Waals surface area (Å²) in [5.74, 6) is -2.21. The molecule has 0 spiro atoms. The van der Waals surface area contributed by atoms with Crippen LogP contribution in [0.25, 0.3) is 0 Å². The fourth-order valence-electron chi connectivity index (χ4n) is 3.00. The van der Waals surface area contributed by atoms with Crippen molar-refractivity contribution in [2.45, 2.75) is 46.9 Å². The maximum Gasteiger partial charge on any atom is 0.344 e. The van der Waals surface area contributed by atoms with Crippen molar-refractivity contribution >= 4 is 49.0 Å². The number of fused-ring (bicyclic) bond motifs is 1. The van der Waals surface area contributed by atoms with E-state index in [2.05, 4.69) is 4.74 Å². The fourth-order valence-corrected chi connectivity index (χ4v) is 7.40. The van der Waals surface area contributed by atoms with E-state index < -0.39 is 62.2 Å². The van der Waals surface area contributed by atoms with Gasteiger partial charge in [0.2, 0.25) is 10.0 Å². The minimum atomic E-state index is -4.14. The largest absolute Gasteiger partial charge is 0.454 e. The summed E-state index contributed by atoms with van der Waals surface area (Å²) in [5, 5.41) is 4.29. The Hall–Kier alpha value is -2.03. The lowest BCUT2D eigenvalue weighted by Gasteiger charge is -2.35. The number of amides is 1. The number of likely N-dealkylation sites (N-methyl/N-ethyl adjacent to an activating group) is 1. The molecule has 0 fully saturated rings. The van der Waals surface area contributed by atoms with Crippen molar-refractivity contribution in [2.24, 2.45) is 5.14 Å². The Balaban J connectivity index is 2.30. The highest BCUT2D eigenvalue weighted by molar-refractivity contribution is 7.95. The van der Waals surface area contributed by atoms with Crippen LogP contribution in [0.1, 0.15) is 38.8 Å². The number of hydrogen-bond acceptors (Lipinski definition) is 10. The van der Waals surface area contributed by atoms with E-state index in [1.807, 2.05) is 0 Å². The molecule has 0 aromatic carbocycles. The first-order chi connectivity index (χ1) is 13.8. The molecular formula is C16H22N2O9S3. The highest BCUT2D eigenvalue weighted by Gasteiger charge is 2.42. The van der Waals surface area contributed by atoms with Gasteiger partial charge in [-0.05, 0) is 26.3 Å². The Kier molecular flexibility index (Phi) is 7.27. The van der Waals surface area contributed by atoms with Crippen LogP contribution in [-0.2, 0) is 43.7 Å². The molecule has 14 heteroatoms. The van der Waals surface area contributed by atoms with Crippen molar-refractivity contribution in [3.05, 3.63) is 11.6 Å². The number of esters is 2. The lowest BCUT2D eigenvalue weighted by molar-refractivity contribution is -0.161. The fraction of sp³-hybridized carbons (Fsp3) is 0.562. The lowest BCUT2D eigenvalue weighted by Crippen LogP contribution is -2.42.